The number of hydrogen-bond acceptors (Lipinski definition) is 4. The van der Waals surface area contributed by atoms with Gasteiger partial charge in [0, 0.05) is 33.5 Å². The molecule has 108 valence electrons. The monoisotopic (exact) mass is 286 g/mol. The van der Waals surface area contributed by atoms with E-state index in [1.54, 1.807) is 0 Å². The maximum absolute atomic E-state index is 12.1. The second-order valence-electron chi connectivity index (χ2n) is 6.22. The van der Waals surface area contributed by atoms with Gasteiger partial charge >= 0.3 is 5.97 Å². The number of hydrogen-bond donors (Lipinski definition) is 1. The molecule has 0 aromatic heterocycles. The Morgan fingerprint density at radius 1 is 1.53 bits per heavy atom. The summed E-state index contributed by atoms with van der Waals surface area (Å²) < 4.78 is 16.6. The Kier molecular flexibility index (Phi) is 3.89. The second-order valence-corrected chi connectivity index (χ2v) is 7.54. The first-order chi connectivity index (χ1) is 8.83. The van der Waals surface area contributed by atoms with Crippen LogP contribution in [0.5, 0.6) is 0 Å². The van der Waals surface area contributed by atoms with Crippen molar-refractivity contribution in [2.24, 2.45) is 16.7 Å². The number of methoxy groups -OCH3 is 1. The van der Waals surface area contributed by atoms with Crippen molar-refractivity contribution in [2.75, 3.05) is 12.9 Å². The number of ether oxygens (including phenoxy) is 1. The van der Waals surface area contributed by atoms with Crippen molar-refractivity contribution >= 4 is 16.8 Å². The van der Waals surface area contributed by atoms with Gasteiger partial charge in [-0.1, -0.05) is 13.8 Å². The fraction of sp³-hybridized carbons (Fsp3) is 0.786. The highest BCUT2D eigenvalue weighted by Gasteiger charge is 2.63. The lowest BCUT2D eigenvalue weighted by Crippen LogP contribution is -2.43. The first-order valence-corrected chi connectivity index (χ1v) is 8.03. The summed E-state index contributed by atoms with van der Waals surface area (Å²) in [6.07, 6.45) is 3.65. The lowest BCUT2D eigenvalue weighted by atomic mass is 9.70. The van der Waals surface area contributed by atoms with Crippen LogP contribution in [0.3, 0.4) is 0 Å². The van der Waals surface area contributed by atoms with E-state index in [0.29, 0.717) is 11.7 Å². The number of aliphatic hydroxyl groups excluding tert-OH is 1. The Morgan fingerprint density at radius 2 is 2.21 bits per heavy atom. The van der Waals surface area contributed by atoms with Crippen LogP contribution in [-0.4, -0.2) is 34.3 Å². The molecule has 2 rings (SSSR count). The summed E-state index contributed by atoms with van der Waals surface area (Å²) in [6.45, 7) is 4.34. The molecule has 5 heteroatoms. The van der Waals surface area contributed by atoms with Crippen molar-refractivity contribution in [1.82, 2.24) is 0 Å². The molecular weight excluding hydrogens is 264 g/mol. The van der Waals surface area contributed by atoms with E-state index in [1.807, 2.05) is 0 Å². The van der Waals surface area contributed by atoms with Gasteiger partial charge in [-0.3, -0.25) is 4.21 Å². The smallest absolute Gasteiger partial charge is 0.331 e. The van der Waals surface area contributed by atoms with Gasteiger partial charge < -0.3 is 9.84 Å². The SMILES string of the molecule is COC(=O)/C=C\S(=O)C[C@]12CC[C@H](C[C@H]1O)C2(C)C. The summed E-state index contributed by atoms with van der Waals surface area (Å²) in [7, 11) is 0.0381. The van der Waals surface area contributed by atoms with Crippen LogP contribution in [0.4, 0.5) is 0 Å². The molecule has 2 fully saturated rings. The van der Waals surface area contributed by atoms with Crippen molar-refractivity contribution < 1.29 is 18.8 Å². The van der Waals surface area contributed by atoms with Crippen molar-refractivity contribution in [3.63, 3.8) is 0 Å². The van der Waals surface area contributed by atoms with Gasteiger partial charge in [-0.05, 0) is 30.6 Å². The van der Waals surface area contributed by atoms with Crippen LogP contribution >= 0.6 is 0 Å². The predicted molar refractivity (Wildman–Crippen MR) is 73.7 cm³/mol. The first-order valence-electron chi connectivity index (χ1n) is 6.65. The van der Waals surface area contributed by atoms with Gasteiger partial charge in [-0.15, -0.1) is 0 Å². The average Bonchev–Trinajstić information content (AvgIpc) is 2.70. The first kappa shape index (κ1) is 14.7. The van der Waals surface area contributed by atoms with E-state index in [1.165, 1.54) is 18.6 Å². The third-order valence-corrected chi connectivity index (χ3v) is 6.58. The Balaban J connectivity index is 2.11. The molecule has 0 aromatic carbocycles. The largest absolute Gasteiger partial charge is 0.466 e. The van der Waals surface area contributed by atoms with Crippen LogP contribution in [0.15, 0.2) is 11.5 Å². The highest BCUT2D eigenvalue weighted by molar-refractivity contribution is 7.88. The molecular formula is C14H22O4S. The van der Waals surface area contributed by atoms with Gasteiger partial charge in [-0.2, -0.15) is 0 Å². The van der Waals surface area contributed by atoms with Crippen LogP contribution in [0.1, 0.15) is 33.1 Å². The zero-order valence-electron chi connectivity index (χ0n) is 11.7. The maximum atomic E-state index is 12.1. The van der Waals surface area contributed by atoms with E-state index in [9.17, 15) is 14.1 Å². The molecule has 0 heterocycles. The number of aliphatic hydroxyl groups is 1. The predicted octanol–water partition coefficient (Wildman–Crippen LogP) is 1.61. The molecule has 0 aliphatic heterocycles. The summed E-state index contributed by atoms with van der Waals surface area (Å²) in [6, 6.07) is 0. The van der Waals surface area contributed by atoms with E-state index in [4.69, 9.17) is 0 Å². The highest BCUT2D eigenvalue weighted by Crippen LogP contribution is 2.65. The molecule has 4 nitrogen and oxygen atoms in total. The molecule has 1 N–H and O–H groups in total. The molecule has 0 amide bonds. The Bertz CT molecular complexity index is 429. The van der Waals surface area contributed by atoms with Crippen LogP contribution in [0.2, 0.25) is 0 Å². The quantitative estimate of drug-likeness (QED) is 0.630. The lowest BCUT2D eigenvalue weighted by Gasteiger charge is -2.39. The molecule has 2 aliphatic rings. The minimum Gasteiger partial charge on any atom is -0.466 e. The third-order valence-electron chi connectivity index (χ3n) is 5.35. The van der Waals surface area contributed by atoms with Crippen LogP contribution in [0.25, 0.3) is 0 Å². The fourth-order valence-electron chi connectivity index (χ4n) is 3.88. The van der Waals surface area contributed by atoms with Gasteiger partial charge in [0.15, 0.2) is 0 Å². The Hall–Kier alpha value is -0.680. The Morgan fingerprint density at radius 3 is 2.68 bits per heavy atom. The van der Waals surface area contributed by atoms with Gasteiger partial charge in [0.05, 0.1) is 13.2 Å². The minimum absolute atomic E-state index is 0.0151. The second kappa shape index (κ2) is 5.02. The van der Waals surface area contributed by atoms with Crippen LogP contribution < -0.4 is 0 Å². The molecule has 0 saturated heterocycles. The third kappa shape index (κ3) is 2.27. The number of rotatable bonds is 4. The zero-order valence-corrected chi connectivity index (χ0v) is 12.5. The van der Waals surface area contributed by atoms with Crippen molar-refractivity contribution in [1.29, 1.82) is 0 Å². The number of carbonyl (C=O) groups is 1. The summed E-state index contributed by atoms with van der Waals surface area (Å²) in [5.74, 6) is 0.441. The number of carbonyl (C=O) groups excluding carboxylic acids is 1. The molecule has 1 unspecified atom stereocenters. The lowest BCUT2D eigenvalue weighted by molar-refractivity contribution is -0.134. The topological polar surface area (TPSA) is 63.6 Å². The number of fused-ring (bicyclic) bond motifs is 2. The van der Waals surface area contributed by atoms with E-state index < -0.39 is 16.8 Å². The van der Waals surface area contributed by atoms with E-state index in [-0.39, 0.29) is 16.9 Å². The Labute approximate surface area is 116 Å². The van der Waals surface area contributed by atoms with Gasteiger partial charge in [0.25, 0.3) is 0 Å². The molecule has 2 aliphatic carbocycles. The molecule has 0 aromatic rings. The van der Waals surface area contributed by atoms with E-state index >= 15 is 0 Å². The fourth-order valence-corrected chi connectivity index (χ4v) is 5.46. The highest BCUT2D eigenvalue weighted by atomic mass is 32.2. The summed E-state index contributed by atoms with van der Waals surface area (Å²) in [5, 5.41) is 11.7. The summed E-state index contributed by atoms with van der Waals surface area (Å²) in [4.78, 5) is 11.0. The van der Waals surface area contributed by atoms with Crippen molar-refractivity contribution in [3.8, 4) is 0 Å². The normalized spacial score (nSPS) is 37.7. The van der Waals surface area contributed by atoms with Crippen molar-refractivity contribution in [2.45, 2.75) is 39.2 Å². The standard InChI is InChI=1S/C14H22O4S/c1-13(2)10-4-6-14(13,11(15)8-10)9-19(17)7-5-12(16)18-3/h5,7,10-11,15H,4,6,8-9H2,1-3H3/b7-5-/t10-,11-,14-,19?/m1/s1. The zero-order chi connectivity index (χ0) is 14.3. The average molecular weight is 286 g/mol. The van der Waals surface area contributed by atoms with E-state index in [0.717, 1.165) is 19.3 Å². The molecule has 4 atom stereocenters. The molecule has 19 heavy (non-hydrogen) atoms. The summed E-state index contributed by atoms with van der Waals surface area (Å²) >= 11 is 0. The maximum Gasteiger partial charge on any atom is 0.331 e. The molecule has 0 spiro atoms. The van der Waals surface area contributed by atoms with E-state index in [2.05, 4.69) is 18.6 Å². The van der Waals surface area contributed by atoms with Gasteiger partial charge in [0.1, 0.15) is 0 Å². The van der Waals surface area contributed by atoms with Crippen LogP contribution in [0, 0.1) is 16.7 Å². The van der Waals surface area contributed by atoms with Gasteiger partial charge in [0.2, 0.25) is 0 Å². The molecule has 2 bridgehead atoms. The van der Waals surface area contributed by atoms with Gasteiger partial charge in [-0.25, -0.2) is 4.79 Å². The number of esters is 1. The molecule has 0 radical (unpaired) electrons. The van der Waals surface area contributed by atoms with Crippen LogP contribution in [-0.2, 0) is 20.3 Å². The molecule has 2 saturated carbocycles. The summed E-state index contributed by atoms with van der Waals surface area (Å²) in [5.41, 5.74) is -0.260. The van der Waals surface area contributed by atoms with Crippen molar-refractivity contribution in [3.05, 3.63) is 11.5 Å². The minimum atomic E-state index is -1.25.